The van der Waals surface area contributed by atoms with E-state index in [-0.39, 0.29) is 18.9 Å². The summed E-state index contributed by atoms with van der Waals surface area (Å²) in [5.41, 5.74) is 0.984. The molecule has 156 valence electrons. The van der Waals surface area contributed by atoms with E-state index in [0.29, 0.717) is 22.9 Å². The maximum atomic E-state index is 11.9. The van der Waals surface area contributed by atoms with Gasteiger partial charge in [-0.05, 0) is 31.0 Å². The Labute approximate surface area is 173 Å². The molecule has 2 atom stereocenters. The average molecular weight is 423 g/mol. The standard InChI is InChI=1S/C19H23ClN4O5/c1-2-3-14-8-9-28-19(29-14,24-12-21-11-22-24)15-5-4-13(10-16(15)20)23-17(25)6-7-18(26)27/h4-5,10-12,14H,2-3,6-9H2,1H3,(H,23,25)(H,26,27). The van der Waals surface area contributed by atoms with Crippen LogP contribution < -0.4 is 5.32 Å². The third kappa shape index (κ3) is 4.92. The van der Waals surface area contributed by atoms with Crippen molar-refractivity contribution in [2.45, 2.75) is 51.0 Å². The predicted octanol–water partition coefficient (Wildman–Crippen LogP) is 3.00. The van der Waals surface area contributed by atoms with E-state index in [0.717, 1.165) is 19.3 Å². The largest absolute Gasteiger partial charge is 0.481 e. The Kier molecular flexibility index (Phi) is 6.83. The third-order valence-corrected chi connectivity index (χ3v) is 4.87. The van der Waals surface area contributed by atoms with E-state index >= 15 is 0 Å². The lowest BCUT2D eigenvalue weighted by molar-refractivity contribution is -0.324. The number of ether oxygens (including phenoxy) is 2. The minimum absolute atomic E-state index is 0.0237. The van der Waals surface area contributed by atoms with Crippen LogP contribution in [0.1, 0.15) is 44.6 Å². The second-order valence-electron chi connectivity index (χ2n) is 6.72. The maximum Gasteiger partial charge on any atom is 0.303 e. The van der Waals surface area contributed by atoms with Gasteiger partial charge in [-0.25, -0.2) is 4.98 Å². The van der Waals surface area contributed by atoms with Crippen molar-refractivity contribution in [1.29, 1.82) is 0 Å². The van der Waals surface area contributed by atoms with E-state index in [1.54, 1.807) is 18.2 Å². The van der Waals surface area contributed by atoms with Gasteiger partial charge in [-0.3, -0.25) is 9.59 Å². The van der Waals surface area contributed by atoms with E-state index < -0.39 is 17.8 Å². The summed E-state index contributed by atoms with van der Waals surface area (Å²) in [7, 11) is 0. The van der Waals surface area contributed by atoms with E-state index in [4.69, 9.17) is 26.2 Å². The number of nitrogens with one attached hydrogen (secondary N) is 1. The van der Waals surface area contributed by atoms with Crippen molar-refractivity contribution in [3.05, 3.63) is 41.4 Å². The summed E-state index contributed by atoms with van der Waals surface area (Å²) in [4.78, 5) is 26.5. The molecule has 2 aromatic rings. The third-order valence-electron chi connectivity index (χ3n) is 4.55. The molecule has 2 unspecified atom stereocenters. The second kappa shape index (κ2) is 9.34. The first-order valence-corrected chi connectivity index (χ1v) is 9.81. The fourth-order valence-electron chi connectivity index (χ4n) is 3.21. The molecule has 1 amide bonds. The number of carboxylic acid groups (broad SMARTS) is 1. The molecule has 1 aromatic carbocycles. The smallest absolute Gasteiger partial charge is 0.303 e. The van der Waals surface area contributed by atoms with Gasteiger partial charge in [0.15, 0.2) is 0 Å². The van der Waals surface area contributed by atoms with Crippen molar-refractivity contribution in [3.8, 4) is 0 Å². The molecule has 1 aliphatic heterocycles. The van der Waals surface area contributed by atoms with Gasteiger partial charge in [0.05, 0.1) is 29.7 Å². The average Bonchev–Trinajstić information content (AvgIpc) is 3.22. The molecule has 1 saturated heterocycles. The molecule has 0 aliphatic carbocycles. The lowest BCUT2D eigenvalue weighted by atomic mass is 10.1. The Hall–Kier alpha value is -2.49. The quantitative estimate of drug-likeness (QED) is 0.671. The first kappa shape index (κ1) is 21.2. The molecular weight excluding hydrogens is 400 g/mol. The molecule has 0 radical (unpaired) electrons. The molecular formula is C19H23ClN4O5. The van der Waals surface area contributed by atoms with Crippen molar-refractivity contribution in [2.24, 2.45) is 0 Å². The number of hydrogen-bond acceptors (Lipinski definition) is 6. The number of aliphatic carboxylic acids is 1. The molecule has 29 heavy (non-hydrogen) atoms. The van der Waals surface area contributed by atoms with Crippen molar-refractivity contribution in [1.82, 2.24) is 14.8 Å². The van der Waals surface area contributed by atoms with Gasteiger partial charge in [-0.1, -0.05) is 24.9 Å². The summed E-state index contributed by atoms with van der Waals surface area (Å²) in [6.07, 6.45) is 5.11. The zero-order valence-electron chi connectivity index (χ0n) is 16.0. The van der Waals surface area contributed by atoms with Crippen LogP contribution in [-0.4, -0.2) is 44.5 Å². The molecule has 0 bridgehead atoms. The van der Waals surface area contributed by atoms with Gasteiger partial charge in [-0.2, -0.15) is 9.78 Å². The molecule has 10 heteroatoms. The molecule has 1 aromatic heterocycles. The van der Waals surface area contributed by atoms with E-state index in [2.05, 4.69) is 22.3 Å². The minimum Gasteiger partial charge on any atom is -0.481 e. The Morgan fingerprint density at radius 3 is 2.90 bits per heavy atom. The van der Waals surface area contributed by atoms with Crippen LogP contribution in [0.5, 0.6) is 0 Å². The number of rotatable bonds is 8. The summed E-state index contributed by atoms with van der Waals surface area (Å²) in [5.74, 6) is -2.79. The lowest BCUT2D eigenvalue weighted by Crippen LogP contribution is -2.48. The lowest BCUT2D eigenvalue weighted by Gasteiger charge is -2.41. The number of amides is 1. The summed E-state index contributed by atoms with van der Waals surface area (Å²) < 4.78 is 13.8. The molecule has 0 spiro atoms. The van der Waals surface area contributed by atoms with Crippen LogP contribution in [0.2, 0.25) is 5.02 Å². The highest BCUT2D eigenvalue weighted by atomic mass is 35.5. The number of carboxylic acids is 1. The van der Waals surface area contributed by atoms with Crippen molar-refractivity contribution in [2.75, 3.05) is 11.9 Å². The number of nitrogens with zero attached hydrogens (tertiary/aromatic N) is 3. The molecule has 2 N–H and O–H groups in total. The van der Waals surface area contributed by atoms with Gasteiger partial charge >= 0.3 is 11.9 Å². The Balaban J connectivity index is 1.87. The van der Waals surface area contributed by atoms with Crippen LogP contribution in [-0.2, 0) is 25.0 Å². The number of aromatic nitrogens is 3. The Morgan fingerprint density at radius 1 is 1.41 bits per heavy atom. The minimum atomic E-state index is -1.35. The van der Waals surface area contributed by atoms with Gasteiger partial charge in [-0.15, -0.1) is 0 Å². The SMILES string of the molecule is CCCC1CCOC(c2ccc(NC(=O)CCC(=O)O)cc2Cl)(n2cncn2)O1. The highest BCUT2D eigenvalue weighted by molar-refractivity contribution is 6.31. The number of benzene rings is 1. The van der Waals surface area contributed by atoms with Crippen molar-refractivity contribution < 1.29 is 24.2 Å². The highest BCUT2D eigenvalue weighted by Gasteiger charge is 2.44. The Bertz CT molecular complexity index is 858. The van der Waals surface area contributed by atoms with Crippen LogP contribution in [0.25, 0.3) is 0 Å². The van der Waals surface area contributed by atoms with Gasteiger partial charge < -0.3 is 19.9 Å². The first-order chi connectivity index (χ1) is 13.9. The molecule has 2 heterocycles. The monoisotopic (exact) mass is 422 g/mol. The highest BCUT2D eigenvalue weighted by Crippen LogP contribution is 2.39. The summed E-state index contributed by atoms with van der Waals surface area (Å²) in [5, 5.41) is 15.9. The topological polar surface area (TPSA) is 116 Å². The van der Waals surface area contributed by atoms with Crippen LogP contribution in [0.3, 0.4) is 0 Å². The predicted molar refractivity (Wildman–Crippen MR) is 104 cm³/mol. The number of carbonyl (C=O) groups excluding carboxylic acids is 1. The Morgan fingerprint density at radius 2 is 2.24 bits per heavy atom. The molecule has 0 saturated carbocycles. The number of halogens is 1. The van der Waals surface area contributed by atoms with Crippen LogP contribution >= 0.6 is 11.6 Å². The number of carbonyl (C=O) groups is 2. The second-order valence-corrected chi connectivity index (χ2v) is 7.13. The first-order valence-electron chi connectivity index (χ1n) is 9.43. The molecule has 1 aliphatic rings. The van der Waals surface area contributed by atoms with Gasteiger partial charge in [0.25, 0.3) is 0 Å². The zero-order valence-corrected chi connectivity index (χ0v) is 16.8. The van der Waals surface area contributed by atoms with E-state index in [1.165, 1.54) is 17.3 Å². The van der Waals surface area contributed by atoms with E-state index in [9.17, 15) is 9.59 Å². The van der Waals surface area contributed by atoms with Gasteiger partial charge in [0, 0.05) is 12.1 Å². The van der Waals surface area contributed by atoms with Crippen LogP contribution in [0, 0.1) is 0 Å². The summed E-state index contributed by atoms with van der Waals surface area (Å²) in [6.45, 7) is 2.55. The molecule has 3 rings (SSSR count). The normalized spacial score (nSPS) is 21.7. The van der Waals surface area contributed by atoms with E-state index in [1.807, 2.05) is 0 Å². The molecule has 1 fully saturated rings. The maximum absolute atomic E-state index is 11.9. The van der Waals surface area contributed by atoms with Crippen LogP contribution in [0.15, 0.2) is 30.9 Å². The zero-order chi connectivity index (χ0) is 20.9. The summed E-state index contributed by atoms with van der Waals surface area (Å²) >= 11 is 6.54. The van der Waals surface area contributed by atoms with Crippen LogP contribution in [0.4, 0.5) is 5.69 Å². The summed E-state index contributed by atoms with van der Waals surface area (Å²) in [6, 6.07) is 4.93. The van der Waals surface area contributed by atoms with Crippen molar-refractivity contribution >= 4 is 29.2 Å². The fraction of sp³-hybridized carbons (Fsp3) is 0.474. The van der Waals surface area contributed by atoms with Gasteiger partial charge in [0.2, 0.25) is 5.91 Å². The number of anilines is 1. The molecule has 9 nitrogen and oxygen atoms in total. The fourth-order valence-corrected chi connectivity index (χ4v) is 3.51. The van der Waals surface area contributed by atoms with Gasteiger partial charge in [0.1, 0.15) is 12.7 Å². The number of hydrogen-bond donors (Lipinski definition) is 2. The van der Waals surface area contributed by atoms with Crippen molar-refractivity contribution in [3.63, 3.8) is 0 Å².